The fourth-order valence-corrected chi connectivity index (χ4v) is 4.05. The van der Waals surface area contributed by atoms with Gasteiger partial charge in [0.2, 0.25) is 0 Å². The van der Waals surface area contributed by atoms with Crippen LogP contribution < -0.4 is 4.90 Å². The maximum absolute atomic E-state index is 12.4. The largest absolute Gasteiger partial charge is 0.478 e. The summed E-state index contributed by atoms with van der Waals surface area (Å²) < 4.78 is 0. The van der Waals surface area contributed by atoms with Crippen LogP contribution in [-0.2, 0) is 0 Å². The molecule has 1 saturated heterocycles. The van der Waals surface area contributed by atoms with Crippen molar-refractivity contribution < 1.29 is 9.90 Å². The number of piperidine rings is 1. The van der Waals surface area contributed by atoms with Crippen molar-refractivity contribution in [2.45, 2.75) is 33.6 Å². The molecule has 0 atom stereocenters. The van der Waals surface area contributed by atoms with Crippen LogP contribution in [0.5, 0.6) is 0 Å². The number of carbonyl (C=O) groups is 1. The Labute approximate surface area is 165 Å². The molecule has 1 fully saturated rings. The van der Waals surface area contributed by atoms with Crippen molar-refractivity contribution in [3.8, 4) is 11.3 Å². The number of anilines is 1. The molecular weight excluding hydrogens is 348 g/mol. The molecule has 144 valence electrons. The van der Waals surface area contributed by atoms with Crippen LogP contribution in [0.1, 0.15) is 41.3 Å². The van der Waals surface area contributed by atoms with Gasteiger partial charge in [0.25, 0.3) is 0 Å². The normalized spacial score (nSPS) is 15.2. The molecular formula is C24H26N2O2. The van der Waals surface area contributed by atoms with Crippen LogP contribution in [0.3, 0.4) is 0 Å². The Morgan fingerprint density at radius 3 is 2.46 bits per heavy atom. The average Bonchev–Trinajstić information content (AvgIpc) is 2.69. The second-order valence-corrected chi connectivity index (χ2v) is 7.97. The molecule has 28 heavy (non-hydrogen) atoms. The Morgan fingerprint density at radius 1 is 1.07 bits per heavy atom. The number of aromatic nitrogens is 1. The van der Waals surface area contributed by atoms with E-state index in [1.807, 2.05) is 24.3 Å². The van der Waals surface area contributed by atoms with Crippen molar-refractivity contribution in [3.63, 3.8) is 0 Å². The van der Waals surface area contributed by atoms with Crippen LogP contribution in [-0.4, -0.2) is 29.1 Å². The van der Waals surface area contributed by atoms with Gasteiger partial charge >= 0.3 is 5.97 Å². The molecule has 0 spiro atoms. The molecule has 2 heterocycles. The minimum atomic E-state index is -0.891. The number of para-hydroxylation sites is 1. The number of benzene rings is 2. The molecule has 1 aliphatic rings. The first kappa shape index (κ1) is 18.5. The summed E-state index contributed by atoms with van der Waals surface area (Å²) in [7, 11) is 0. The predicted octanol–water partition coefficient (Wildman–Crippen LogP) is 5.45. The van der Waals surface area contributed by atoms with Gasteiger partial charge < -0.3 is 10.0 Å². The van der Waals surface area contributed by atoms with Gasteiger partial charge in [-0.3, -0.25) is 0 Å². The number of hydrogen-bond donors (Lipinski definition) is 1. The molecule has 4 heteroatoms. The second-order valence-electron chi connectivity index (χ2n) is 7.97. The maximum atomic E-state index is 12.4. The van der Waals surface area contributed by atoms with Gasteiger partial charge in [-0.25, -0.2) is 9.78 Å². The van der Waals surface area contributed by atoms with Crippen molar-refractivity contribution >= 4 is 22.6 Å². The van der Waals surface area contributed by atoms with Crippen molar-refractivity contribution in [3.05, 3.63) is 59.2 Å². The first-order valence-electron chi connectivity index (χ1n) is 9.94. The molecule has 1 aromatic heterocycles. The minimum Gasteiger partial charge on any atom is -0.478 e. The molecule has 2 aromatic carbocycles. The Balaban J connectivity index is 2.02. The van der Waals surface area contributed by atoms with Crippen molar-refractivity contribution in [1.29, 1.82) is 0 Å². The predicted molar refractivity (Wildman–Crippen MR) is 114 cm³/mol. The van der Waals surface area contributed by atoms with Crippen molar-refractivity contribution in [1.82, 2.24) is 4.98 Å². The van der Waals surface area contributed by atoms with Gasteiger partial charge in [-0.1, -0.05) is 37.3 Å². The van der Waals surface area contributed by atoms with E-state index in [-0.39, 0.29) is 0 Å². The molecule has 0 saturated carbocycles. The molecule has 3 aromatic rings. The lowest BCUT2D eigenvalue weighted by atomic mass is 9.94. The van der Waals surface area contributed by atoms with E-state index in [0.29, 0.717) is 16.9 Å². The number of fused-ring (bicyclic) bond motifs is 1. The summed E-state index contributed by atoms with van der Waals surface area (Å²) in [6, 6.07) is 13.8. The molecule has 0 radical (unpaired) electrons. The van der Waals surface area contributed by atoms with Crippen molar-refractivity contribution in [2.24, 2.45) is 5.92 Å². The smallest absolute Gasteiger partial charge is 0.338 e. The Bertz CT molecular complexity index is 1050. The Kier molecular flexibility index (Phi) is 4.80. The summed E-state index contributed by atoms with van der Waals surface area (Å²) in [6.45, 7) is 8.15. The van der Waals surface area contributed by atoms with Crippen molar-refractivity contribution in [2.75, 3.05) is 18.0 Å². The van der Waals surface area contributed by atoms with Crippen LogP contribution in [0, 0.1) is 19.8 Å². The van der Waals surface area contributed by atoms with E-state index < -0.39 is 5.97 Å². The number of aryl methyl sites for hydroxylation is 2. The molecule has 1 aliphatic heterocycles. The molecule has 0 bridgehead atoms. The van der Waals surface area contributed by atoms with Gasteiger partial charge in [-0.15, -0.1) is 0 Å². The van der Waals surface area contributed by atoms with E-state index in [2.05, 4.69) is 43.9 Å². The van der Waals surface area contributed by atoms with Crippen LogP contribution in [0.2, 0.25) is 0 Å². The number of hydrogen-bond acceptors (Lipinski definition) is 3. The topological polar surface area (TPSA) is 53.4 Å². The standard InChI is InChI=1S/C24H26N2O2/c1-15-10-12-26(13-11-15)23-21(24(27)28)19-6-4-5-7-20(19)25-22(23)18-9-8-16(2)17(3)14-18/h4-9,14-15H,10-13H2,1-3H3,(H,27,28). The first-order valence-corrected chi connectivity index (χ1v) is 9.94. The highest BCUT2D eigenvalue weighted by molar-refractivity contribution is 6.10. The third-order valence-corrected chi connectivity index (χ3v) is 5.96. The number of pyridine rings is 1. The quantitative estimate of drug-likeness (QED) is 0.662. The monoisotopic (exact) mass is 374 g/mol. The zero-order chi connectivity index (χ0) is 19.8. The lowest BCUT2D eigenvalue weighted by molar-refractivity contribution is 0.0699. The third kappa shape index (κ3) is 3.24. The van der Waals surface area contributed by atoms with Crippen LogP contribution >= 0.6 is 0 Å². The summed E-state index contributed by atoms with van der Waals surface area (Å²) in [6.07, 6.45) is 2.14. The Morgan fingerprint density at radius 2 is 1.79 bits per heavy atom. The SMILES string of the molecule is Cc1ccc(-c2nc3ccccc3c(C(=O)O)c2N2CCC(C)CC2)cc1C. The first-order chi connectivity index (χ1) is 13.5. The second kappa shape index (κ2) is 7.27. The third-order valence-electron chi connectivity index (χ3n) is 5.96. The van der Waals surface area contributed by atoms with Gasteiger partial charge in [0.15, 0.2) is 0 Å². The van der Waals surface area contributed by atoms with Gasteiger partial charge in [-0.2, -0.15) is 0 Å². The fourth-order valence-electron chi connectivity index (χ4n) is 4.05. The van der Waals surface area contributed by atoms with Gasteiger partial charge in [0.05, 0.1) is 22.5 Å². The highest BCUT2D eigenvalue weighted by Gasteiger charge is 2.27. The molecule has 4 rings (SSSR count). The molecule has 0 unspecified atom stereocenters. The van der Waals surface area contributed by atoms with Crippen LogP contribution in [0.4, 0.5) is 5.69 Å². The van der Waals surface area contributed by atoms with Crippen LogP contribution in [0.25, 0.3) is 22.2 Å². The fraction of sp³-hybridized carbons (Fsp3) is 0.333. The molecule has 4 nitrogen and oxygen atoms in total. The lowest BCUT2D eigenvalue weighted by Crippen LogP contribution is -2.34. The van der Waals surface area contributed by atoms with Gasteiger partial charge in [0.1, 0.15) is 0 Å². The van der Waals surface area contributed by atoms with Crippen LogP contribution in [0.15, 0.2) is 42.5 Å². The summed E-state index contributed by atoms with van der Waals surface area (Å²) in [5, 5.41) is 10.9. The van der Waals surface area contributed by atoms with E-state index in [4.69, 9.17) is 4.98 Å². The van der Waals surface area contributed by atoms with E-state index in [1.54, 1.807) is 0 Å². The zero-order valence-corrected chi connectivity index (χ0v) is 16.7. The van der Waals surface area contributed by atoms with E-state index in [1.165, 1.54) is 11.1 Å². The number of aromatic carboxylic acids is 1. The highest BCUT2D eigenvalue weighted by Crippen LogP contribution is 2.39. The van der Waals surface area contributed by atoms with Gasteiger partial charge in [0, 0.05) is 24.0 Å². The molecule has 1 N–H and O–H groups in total. The summed E-state index contributed by atoms with van der Waals surface area (Å²) in [5.41, 5.74) is 6.01. The summed E-state index contributed by atoms with van der Waals surface area (Å²) in [4.78, 5) is 19.6. The highest BCUT2D eigenvalue weighted by atomic mass is 16.4. The zero-order valence-electron chi connectivity index (χ0n) is 16.7. The Hall–Kier alpha value is -2.88. The molecule has 0 amide bonds. The number of rotatable bonds is 3. The number of carboxylic acids is 1. The summed E-state index contributed by atoms with van der Waals surface area (Å²) in [5.74, 6) is -0.222. The minimum absolute atomic E-state index is 0.369. The molecule has 0 aliphatic carbocycles. The average molecular weight is 374 g/mol. The number of carboxylic acid groups (broad SMARTS) is 1. The maximum Gasteiger partial charge on any atom is 0.338 e. The van der Waals surface area contributed by atoms with E-state index in [0.717, 1.165) is 48.4 Å². The lowest BCUT2D eigenvalue weighted by Gasteiger charge is -2.34. The van der Waals surface area contributed by atoms with E-state index >= 15 is 0 Å². The van der Waals surface area contributed by atoms with Gasteiger partial charge in [-0.05, 0) is 55.9 Å². The van der Waals surface area contributed by atoms with E-state index in [9.17, 15) is 9.90 Å². The summed E-state index contributed by atoms with van der Waals surface area (Å²) >= 11 is 0. The number of nitrogens with zero attached hydrogens (tertiary/aromatic N) is 2.